The van der Waals surface area contributed by atoms with Crippen LogP contribution in [0.25, 0.3) is 0 Å². The van der Waals surface area contributed by atoms with Crippen LogP contribution in [0.3, 0.4) is 0 Å². The molecule has 5 aliphatic rings. The van der Waals surface area contributed by atoms with E-state index in [2.05, 4.69) is 20.8 Å². The van der Waals surface area contributed by atoms with Gasteiger partial charge in [0.2, 0.25) is 0 Å². The number of esters is 1. The molecule has 3 saturated carbocycles. The van der Waals surface area contributed by atoms with E-state index in [4.69, 9.17) is 18.9 Å². The zero-order chi connectivity index (χ0) is 27.9. The molecule has 2 heterocycles. The van der Waals surface area contributed by atoms with Crippen molar-refractivity contribution in [2.24, 2.45) is 34.0 Å². The Bertz CT molecular complexity index is 1190. The second-order valence-electron chi connectivity index (χ2n) is 13.1. The Morgan fingerprint density at radius 1 is 1.26 bits per heavy atom. The van der Waals surface area contributed by atoms with Crippen LogP contribution in [0.5, 0.6) is 5.75 Å². The average molecular weight is 544 g/mol. The van der Waals surface area contributed by atoms with E-state index in [1.807, 2.05) is 6.92 Å². The van der Waals surface area contributed by atoms with Crippen LogP contribution in [0.4, 0.5) is 4.39 Å². The molecule has 4 fully saturated rings. The molecular formula is C29H38BFO8. The first kappa shape index (κ1) is 27.2. The van der Waals surface area contributed by atoms with Crippen molar-refractivity contribution in [2.45, 2.75) is 84.7 Å². The Morgan fingerprint density at radius 2 is 2.00 bits per heavy atom. The smallest absolute Gasteiger partial charge is 0.479 e. The first-order chi connectivity index (χ1) is 18.4. The van der Waals surface area contributed by atoms with Crippen LogP contribution in [-0.2, 0) is 30.3 Å². The lowest BCUT2D eigenvalue weighted by Crippen LogP contribution is -2.64. The van der Waals surface area contributed by atoms with E-state index in [1.165, 1.54) is 6.07 Å². The van der Waals surface area contributed by atoms with Gasteiger partial charge in [-0.05, 0) is 54.6 Å². The minimum absolute atomic E-state index is 0.0174. The highest BCUT2D eigenvalue weighted by Gasteiger charge is 2.70. The molecule has 9 atom stereocenters. The van der Waals surface area contributed by atoms with Gasteiger partial charge >= 0.3 is 13.1 Å². The summed E-state index contributed by atoms with van der Waals surface area (Å²) in [6.07, 6.45) is 1.76. The molecule has 2 N–H and O–H groups in total. The summed E-state index contributed by atoms with van der Waals surface area (Å²) < 4.78 is 37.5. The predicted molar refractivity (Wildman–Crippen MR) is 138 cm³/mol. The van der Waals surface area contributed by atoms with E-state index in [1.54, 1.807) is 6.07 Å². The second-order valence-corrected chi connectivity index (χ2v) is 13.1. The number of benzene rings is 1. The van der Waals surface area contributed by atoms with Gasteiger partial charge in [0.25, 0.3) is 0 Å². The first-order valence-electron chi connectivity index (χ1n) is 14.2. The average Bonchev–Trinajstić information content (AvgIpc) is 3.62. The van der Waals surface area contributed by atoms with Gasteiger partial charge in [0, 0.05) is 28.6 Å². The molecular weight excluding hydrogens is 506 g/mol. The minimum Gasteiger partial charge on any atom is -0.479 e. The number of fused-ring (bicyclic) bond motifs is 1. The molecule has 212 valence electrons. The van der Waals surface area contributed by atoms with Crippen LogP contribution < -0.4 is 10.2 Å². The van der Waals surface area contributed by atoms with Crippen LogP contribution in [0, 0.1) is 39.8 Å². The summed E-state index contributed by atoms with van der Waals surface area (Å²) in [5, 5.41) is 21.7. The molecule has 0 amide bonds. The monoisotopic (exact) mass is 544 g/mol. The van der Waals surface area contributed by atoms with Crippen molar-refractivity contribution in [1.29, 1.82) is 0 Å². The number of aliphatic hydroxyl groups is 1. The summed E-state index contributed by atoms with van der Waals surface area (Å²) in [5.41, 5.74) is -1.10. The van der Waals surface area contributed by atoms with Gasteiger partial charge in [-0.15, -0.1) is 0 Å². The fourth-order valence-electron chi connectivity index (χ4n) is 8.75. The van der Waals surface area contributed by atoms with Crippen LogP contribution >= 0.6 is 0 Å². The van der Waals surface area contributed by atoms with Crippen LogP contribution in [0.1, 0.15) is 65.4 Å². The zero-order valence-electron chi connectivity index (χ0n) is 23.1. The second kappa shape index (κ2) is 9.26. The third-order valence-electron chi connectivity index (χ3n) is 11.4. The third kappa shape index (κ3) is 3.92. The standard InChI is InChI=1S/C29H38BFO8/c1-15-7-9-29-10-8-18(32)25(29)28(15,4)20(11-27(3,21-13-37-21)26(34)16(29)2)39-22(33)14-36-19-6-5-17-12-38-30(35)23(17)24(19)31/h5-6,15-16,20-21,25-26,34-35H,7-14H2,1-4H3/t15-,16+,20-,21?,25+,26+,27+,28+,29+/m1/s1. The molecule has 1 unspecified atom stereocenters. The maximum absolute atomic E-state index is 15.0. The van der Waals surface area contributed by atoms with Crippen molar-refractivity contribution in [3.8, 4) is 5.75 Å². The van der Waals surface area contributed by atoms with Crippen molar-refractivity contribution in [3.05, 3.63) is 23.5 Å². The van der Waals surface area contributed by atoms with Gasteiger partial charge in [-0.3, -0.25) is 4.79 Å². The Kier molecular flexibility index (Phi) is 6.45. The molecule has 0 aromatic heterocycles. The number of halogens is 1. The summed E-state index contributed by atoms with van der Waals surface area (Å²) in [7, 11) is -1.38. The maximum atomic E-state index is 15.0. The fraction of sp³-hybridized carbons (Fsp3) is 0.724. The highest BCUT2D eigenvalue weighted by Crippen LogP contribution is 2.68. The van der Waals surface area contributed by atoms with Gasteiger partial charge in [-0.25, -0.2) is 9.18 Å². The van der Waals surface area contributed by atoms with Gasteiger partial charge in [-0.1, -0.05) is 33.8 Å². The SMILES string of the molecule is C[C@@H]1CC[C@@]23CCC(=O)[C@H]2[C@]1(C)[C@H](OC(=O)COc1ccc2c(c1F)B(O)OC2)C[C@@](C)(C1CO1)[C@@H](O)[C@@H]3C. The molecule has 2 aliphatic heterocycles. The Labute approximate surface area is 228 Å². The number of carbonyl (C=O) groups excluding carboxylic acids is 2. The van der Waals surface area contributed by atoms with E-state index in [9.17, 15) is 24.1 Å². The van der Waals surface area contributed by atoms with Crippen LogP contribution in [0.2, 0.25) is 0 Å². The molecule has 1 aromatic rings. The maximum Gasteiger partial charge on any atom is 0.494 e. The highest BCUT2D eigenvalue weighted by molar-refractivity contribution is 6.61. The van der Waals surface area contributed by atoms with Gasteiger partial charge in [0.05, 0.1) is 25.4 Å². The van der Waals surface area contributed by atoms with Crippen molar-refractivity contribution < 1.29 is 43.0 Å². The lowest BCUT2D eigenvalue weighted by atomic mass is 9.43. The molecule has 1 saturated heterocycles. The highest BCUT2D eigenvalue weighted by atomic mass is 19.1. The number of aliphatic hydroxyl groups excluding tert-OH is 1. The van der Waals surface area contributed by atoms with Crippen molar-refractivity contribution in [2.75, 3.05) is 13.2 Å². The molecule has 1 aromatic carbocycles. The van der Waals surface area contributed by atoms with E-state index in [0.717, 1.165) is 19.3 Å². The van der Waals surface area contributed by atoms with Crippen molar-refractivity contribution in [3.63, 3.8) is 0 Å². The number of epoxide rings is 1. The largest absolute Gasteiger partial charge is 0.494 e. The number of hydrogen-bond acceptors (Lipinski definition) is 8. The zero-order valence-corrected chi connectivity index (χ0v) is 23.1. The van der Waals surface area contributed by atoms with E-state index >= 15 is 0 Å². The fourth-order valence-corrected chi connectivity index (χ4v) is 8.75. The van der Waals surface area contributed by atoms with Crippen LogP contribution in [0.15, 0.2) is 12.1 Å². The number of hydrogen-bond donors (Lipinski definition) is 2. The Morgan fingerprint density at radius 3 is 2.72 bits per heavy atom. The normalized spacial score (nSPS) is 42.8. The van der Waals surface area contributed by atoms with E-state index in [0.29, 0.717) is 25.0 Å². The lowest BCUT2D eigenvalue weighted by molar-refractivity contribution is -0.214. The lowest BCUT2D eigenvalue weighted by Gasteiger charge is -2.62. The predicted octanol–water partition coefficient (Wildman–Crippen LogP) is 2.54. The van der Waals surface area contributed by atoms with Gasteiger partial charge in [-0.2, -0.15) is 0 Å². The van der Waals surface area contributed by atoms with E-state index < -0.39 is 48.5 Å². The number of Topliss-reactive ketones (excluding diaryl/α,β-unsaturated/α-hetero) is 1. The summed E-state index contributed by atoms with van der Waals surface area (Å²) in [4.78, 5) is 26.8. The van der Waals surface area contributed by atoms with Gasteiger partial charge in [0.15, 0.2) is 18.2 Å². The molecule has 6 rings (SSSR count). The molecule has 39 heavy (non-hydrogen) atoms. The summed E-state index contributed by atoms with van der Waals surface area (Å²) in [6.45, 7) is 8.41. The van der Waals surface area contributed by atoms with Crippen molar-refractivity contribution in [1.82, 2.24) is 0 Å². The molecule has 3 aliphatic carbocycles. The molecule has 0 radical (unpaired) electrons. The summed E-state index contributed by atoms with van der Waals surface area (Å²) >= 11 is 0. The molecule has 2 bridgehead atoms. The summed E-state index contributed by atoms with van der Waals surface area (Å²) in [5.74, 6) is -1.73. The third-order valence-corrected chi connectivity index (χ3v) is 11.4. The molecule has 8 nitrogen and oxygen atoms in total. The first-order valence-corrected chi connectivity index (χ1v) is 14.2. The quantitative estimate of drug-likeness (QED) is 0.330. The molecule has 0 spiro atoms. The number of ether oxygens (including phenoxy) is 3. The van der Waals surface area contributed by atoms with Crippen molar-refractivity contribution >= 4 is 24.3 Å². The van der Waals surface area contributed by atoms with Gasteiger partial charge in [0.1, 0.15) is 11.9 Å². The Balaban J connectivity index is 1.30. The number of carbonyl (C=O) groups is 2. The van der Waals surface area contributed by atoms with Gasteiger partial charge < -0.3 is 29.0 Å². The van der Waals surface area contributed by atoms with E-state index in [-0.39, 0.29) is 52.9 Å². The Hall–Kier alpha value is -2.01. The number of ketones is 1. The minimum atomic E-state index is -1.38. The molecule has 10 heteroatoms. The summed E-state index contributed by atoms with van der Waals surface area (Å²) in [6, 6.07) is 3.01. The van der Waals surface area contributed by atoms with Crippen LogP contribution in [-0.4, -0.2) is 60.5 Å². The topological polar surface area (TPSA) is 115 Å². The number of rotatable bonds is 5.